The van der Waals surface area contributed by atoms with Crippen molar-refractivity contribution in [3.8, 4) is 0 Å². The number of carbonyl (C=O) groups is 1. The van der Waals surface area contributed by atoms with Crippen LogP contribution in [-0.2, 0) is 6.54 Å². The first-order valence-corrected chi connectivity index (χ1v) is 7.87. The molecule has 2 heterocycles. The van der Waals surface area contributed by atoms with E-state index in [0.717, 1.165) is 28.8 Å². The lowest BCUT2D eigenvalue weighted by molar-refractivity contribution is 0.0952. The Morgan fingerprint density at radius 1 is 1.50 bits per heavy atom. The molecule has 1 aliphatic rings. The smallest absolute Gasteiger partial charge is 0.260 e. The predicted octanol–water partition coefficient (Wildman–Crippen LogP) is 2.67. The number of aromatic nitrogens is 1. The Balaban J connectivity index is 2.14. The molecule has 20 heavy (non-hydrogen) atoms. The van der Waals surface area contributed by atoms with Gasteiger partial charge in [0, 0.05) is 28.4 Å². The molecule has 2 aromatic rings. The van der Waals surface area contributed by atoms with Gasteiger partial charge in [-0.05, 0) is 32.3 Å². The van der Waals surface area contributed by atoms with Crippen LogP contribution in [0.3, 0.4) is 0 Å². The molecule has 106 valence electrons. The van der Waals surface area contributed by atoms with Gasteiger partial charge in [-0.2, -0.15) is 0 Å². The van der Waals surface area contributed by atoms with Crippen LogP contribution in [0.1, 0.15) is 41.4 Å². The summed E-state index contributed by atoms with van der Waals surface area (Å²) in [4.78, 5) is 25.8. The number of fused-ring (bicyclic) bond motifs is 1. The topological polar surface area (TPSA) is 51.1 Å². The molecule has 0 bridgehead atoms. The fourth-order valence-electron chi connectivity index (χ4n) is 2.44. The van der Waals surface area contributed by atoms with Crippen LogP contribution < -0.4 is 10.9 Å². The Labute approximate surface area is 121 Å². The van der Waals surface area contributed by atoms with Crippen LogP contribution >= 0.6 is 11.3 Å². The summed E-state index contributed by atoms with van der Waals surface area (Å²) in [5, 5.41) is 3.57. The number of pyridine rings is 1. The van der Waals surface area contributed by atoms with Crippen molar-refractivity contribution >= 4 is 27.3 Å². The lowest BCUT2D eigenvalue weighted by atomic mass is 10.1. The van der Waals surface area contributed by atoms with Crippen molar-refractivity contribution in [2.75, 3.05) is 0 Å². The van der Waals surface area contributed by atoms with Gasteiger partial charge in [0.25, 0.3) is 11.5 Å². The molecule has 0 unspecified atom stereocenters. The van der Waals surface area contributed by atoms with E-state index >= 15 is 0 Å². The van der Waals surface area contributed by atoms with Gasteiger partial charge in [-0.25, -0.2) is 0 Å². The van der Waals surface area contributed by atoms with E-state index in [1.54, 1.807) is 4.57 Å². The second-order valence-corrected chi connectivity index (χ2v) is 6.59. The molecule has 4 nitrogen and oxygen atoms in total. The summed E-state index contributed by atoms with van der Waals surface area (Å²) >= 11 is 1.52. The van der Waals surface area contributed by atoms with Gasteiger partial charge in [0.05, 0.1) is 10.9 Å². The van der Waals surface area contributed by atoms with E-state index in [9.17, 15) is 9.59 Å². The van der Waals surface area contributed by atoms with Crippen molar-refractivity contribution in [2.45, 2.75) is 45.7 Å². The van der Waals surface area contributed by atoms with Gasteiger partial charge in [-0.1, -0.05) is 6.92 Å². The highest BCUT2D eigenvalue weighted by Gasteiger charge is 2.27. The van der Waals surface area contributed by atoms with Crippen LogP contribution in [0.4, 0.5) is 0 Å². The van der Waals surface area contributed by atoms with Crippen molar-refractivity contribution in [1.29, 1.82) is 0 Å². The SMILES string of the molecule is CCCn1ccc2sc(C)c(C(=O)NC3CC3)c2c1=O. The minimum Gasteiger partial charge on any atom is -0.349 e. The van der Waals surface area contributed by atoms with Crippen molar-refractivity contribution in [3.05, 3.63) is 33.1 Å². The van der Waals surface area contributed by atoms with E-state index in [1.165, 1.54) is 11.3 Å². The van der Waals surface area contributed by atoms with Gasteiger partial charge >= 0.3 is 0 Å². The van der Waals surface area contributed by atoms with Gasteiger partial charge in [0.2, 0.25) is 0 Å². The molecule has 1 aliphatic carbocycles. The van der Waals surface area contributed by atoms with Gasteiger partial charge in [-0.15, -0.1) is 11.3 Å². The third-order valence-electron chi connectivity index (χ3n) is 3.60. The number of nitrogens with one attached hydrogen (secondary N) is 1. The van der Waals surface area contributed by atoms with Crippen molar-refractivity contribution in [1.82, 2.24) is 9.88 Å². The molecule has 0 radical (unpaired) electrons. The minimum absolute atomic E-state index is 0.0466. The molecule has 2 aromatic heterocycles. The number of nitrogens with zero attached hydrogens (tertiary/aromatic N) is 1. The molecule has 0 saturated heterocycles. The Morgan fingerprint density at radius 2 is 2.25 bits per heavy atom. The summed E-state index contributed by atoms with van der Waals surface area (Å²) in [6.45, 7) is 4.64. The summed E-state index contributed by atoms with van der Waals surface area (Å²) in [5.41, 5.74) is 0.530. The highest BCUT2D eigenvalue weighted by atomic mass is 32.1. The third-order valence-corrected chi connectivity index (χ3v) is 4.67. The number of amides is 1. The van der Waals surface area contributed by atoms with Crippen molar-refractivity contribution < 1.29 is 4.79 Å². The Bertz CT molecular complexity index is 725. The highest BCUT2D eigenvalue weighted by molar-refractivity contribution is 7.19. The van der Waals surface area contributed by atoms with Crippen LogP contribution in [0, 0.1) is 6.92 Å². The number of hydrogen-bond donors (Lipinski definition) is 1. The minimum atomic E-state index is -0.0948. The maximum Gasteiger partial charge on any atom is 0.260 e. The largest absolute Gasteiger partial charge is 0.349 e. The lowest BCUT2D eigenvalue weighted by Gasteiger charge is -2.06. The van der Waals surface area contributed by atoms with E-state index in [1.807, 2.05) is 26.1 Å². The van der Waals surface area contributed by atoms with Crippen molar-refractivity contribution in [2.24, 2.45) is 0 Å². The molecule has 0 aromatic carbocycles. The molecular weight excluding hydrogens is 272 g/mol. The Kier molecular flexibility index (Phi) is 3.38. The summed E-state index contributed by atoms with van der Waals surface area (Å²) in [6, 6.07) is 2.25. The fourth-order valence-corrected chi connectivity index (χ4v) is 3.49. The maximum atomic E-state index is 12.5. The summed E-state index contributed by atoms with van der Waals surface area (Å²) in [5.74, 6) is -0.0948. The van der Waals surface area contributed by atoms with Crippen LogP contribution in [0.2, 0.25) is 0 Å². The summed E-state index contributed by atoms with van der Waals surface area (Å²) in [7, 11) is 0. The van der Waals surface area contributed by atoms with E-state index in [-0.39, 0.29) is 11.5 Å². The molecule has 0 spiro atoms. The number of aryl methyl sites for hydroxylation is 2. The first-order chi connectivity index (χ1) is 9.61. The molecule has 3 rings (SSSR count). The van der Waals surface area contributed by atoms with E-state index in [2.05, 4.69) is 5.32 Å². The number of carbonyl (C=O) groups excluding carboxylic acids is 1. The van der Waals surface area contributed by atoms with Gasteiger partial charge in [0.15, 0.2) is 0 Å². The maximum absolute atomic E-state index is 12.5. The number of rotatable bonds is 4. The Morgan fingerprint density at radius 3 is 2.90 bits per heavy atom. The molecule has 1 saturated carbocycles. The van der Waals surface area contributed by atoms with Crippen LogP contribution in [0.15, 0.2) is 17.1 Å². The second-order valence-electron chi connectivity index (χ2n) is 5.33. The third kappa shape index (κ3) is 2.26. The highest BCUT2D eigenvalue weighted by Crippen LogP contribution is 2.29. The molecule has 1 N–H and O–H groups in total. The molecular formula is C15H18N2O2S. The monoisotopic (exact) mass is 290 g/mol. The molecule has 1 fully saturated rings. The van der Waals surface area contributed by atoms with Gasteiger partial charge in [0.1, 0.15) is 0 Å². The van der Waals surface area contributed by atoms with Gasteiger partial charge < -0.3 is 9.88 Å². The average molecular weight is 290 g/mol. The first-order valence-electron chi connectivity index (χ1n) is 7.05. The van der Waals surface area contributed by atoms with Crippen LogP contribution in [0.25, 0.3) is 10.1 Å². The van der Waals surface area contributed by atoms with E-state index in [0.29, 0.717) is 23.5 Å². The Hall–Kier alpha value is -1.62. The summed E-state index contributed by atoms with van der Waals surface area (Å²) < 4.78 is 2.60. The lowest BCUT2D eigenvalue weighted by Crippen LogP contribution is -2.28. The second kappa shape index (κ2) is 5.05. The van der Waals surface area contributed by atoms with E-state index < -0.39 is 0 Å². The zero-order chi connectivity index (χ0) is 14.3. The first kappa shape index (κ1) is 13.4. The normalized spacial score (nSPS) is 14.7. The van der Waals surface area contributed by atoms with Crippen LogP contribution in [-0.4, -0.2) is 16.5 Å². The molecule has 0 aliphatic heterocycles. The number of hydrogen-bond acceptors (Lipinski definition) is 3. The fraction of sp³-hybridized carbons (Fsp3) is 0.467. The average Bonchev–Trinajstić information content (AvgIpc) is 3.14. The van der Waals surface area contributed by atoms with Gasteiger partial charge in [-0.3, -0.25) is 9.59 Å². The number of thiophene rings is 1. The predicted molar refractivity (Wildman–Crippen MR) is 81.6 cm³/mol. The standard InChI is InChI=1S/C15H18N2O2S/c1-3-7-17-8-6-11-13(15(17)19)12(9(2)20-11)14(18)16-10-4-5-10/h6,8,10H,3-5,7H2,1-2H3,(H,16,18). The zero-order valence-electron chi connectivity index (χ0n) is 11.7. The summed E-state index contributed by atoms with van der Waals surface area (Å²) in [6.07, 6.45) is 4.82. The molecule has 1 amide bonds. The zero-order valence-corrected chi connectivity index (χ0v) is 12.5. The van der Waals surface area contributed by atoms with Crippen molar-refractivity contribution in [3.63, 3.8) is 0 Å². The van der Waals surface area contributed by atoms with E-state index in [4.69, 9.17) is 0 Å². The quantitative estimate of drug-likeness (QED) is 0.941. The molecule has 0 atom stereocenters. The molecule has 5 heteroatoms. The van der Waals surface area contributed by atoms with Crippen LogP contribution in [0.5, 0.6) is 0 Å².